The Bertz CT molecular complexity index is 1050. The van der Waals surface area contributed by atoms with Gasteiger partial charge in [0.2, 0.25) is 5.88 Å². The Balaban J connectivity index is 1.89. The number of methoxy groups -OCH3 is 1. The number of aromatic hydroxyl groups is 1. The van der Waals surface area contributed by atoms with Crippen molar-refractivity contribution < 1.29 is 24.5 Å². The fourth-order valence-corrected chi connectivity index (χ4v) is 3.06. The Kier molecular flexibility index (Phi) is 6.04. The van der Waals surface area contributed by atoms with Crippen molar-refractivity contribution in [2.45, 2.75) is 12.5 Å². The van der Waals surface area contributed by atoms with Crippen LogP contribution in [0.3, 0.4) is 0 Å². The monoisotopic (exact) mass is 415 g/mol. The summed E-state index contributed by atoms with van der Waals surface area (Å²) >= 11 is 5.96. The number of hydrogen-bond donors (Lipinski definition) is 3. The largest absolute Gasteiger partial charge is 0.496 e. The van der Waals surface area contributed by atoms with E-state index < -0.39 is 17.9 Å². The van der Waals surface area contributed by atoms with Gasteiger partial charge in [-0.2, -0.15) is 5.10 Å². The highest BCUT2D eigenvalue weighted by atomic mass is 35.5. The highest BCUT2D eigenvalue weighted by Crippen LogP contribution is 2.28. The van der Waals surface area contributed by atoms with E-state index in [0.29, 0.717) is 22.0 Å². The molecule has 0 radical (unpaired) electrons. The molecular weight excluding hydrogens is 398 g/mol. The van der Waals surface area contributed by atoms with Crippen molar-refractivity contribution in [1.29, 1.82) is 0 Å². The lowest BCUT2D eigenvalue weighted by Crippen LogP contribution is -2.30. The number of carbonyl (C=O) groups is 2. The lowest BCUT2D eigenvalue weighted by Gasteiger charge is -2.19. The van der Waals surface area contributed by atoms with Gasteiger partial charge < -0.3 is 20.3 Å². The van der Waals surface area contributed by atoms with E-state index in [0.717, 1.165) is 4.68 Å². The van der Waals surface area contributed by atoms with E-state index in [9.17, 15) is 19.8 Å². The molecule has 0 bridgehead atoms. The van der Waals surface area contributed by atoms with Gasteiger partial charge in [0.25, 0.3) is 5.91 Å². The molecule has 0 aliphatic rings. The summed E-state index contributed by atoms with van der Waals surface area (Å²) in [6, 6.07) is 13.8. The van der Waals surface area contributed by atoms with Gasteiger partial charge in [-0.3, -0.25) is 9.59 Å². The molecule has 8 nitrogen and oxygen atoms in total. The lowest BCUT2D eigenvalue weighted by molar-refractivity contribution is -0.137. The first kappa shape index (κ1) is 20.2. The van der Waals surface area contributed by atoms with E-state index in [2.05, 4.69) is 10.4 Å². The number of para-hydroxylation sites is 1. The van der Waals surface area contributed by atoms with Crippen molar-refractivity contribution in [1.82, 2.24) is 15.1 Å². The summed E-state index contributed by atoms with van der Waals surface area (Å²) in [5.74, 6) is -1.54. The van der Waals surface area contributed by atoms with Crippen LogP contribution in [-0.2, 0) is 4.79 Å². The van der Waals surface area contributed by atoms with Gasteiger partial charge >= 0.3 is 5.97 Å². The zero-order chi connectivity index (χ0) is 21.0. The predicted octanol–water partition coefficient (Wildman–Crippen LogP) is 3.19. The zero-order valence-electron chi connectivity index (χ0n) is 15.4. The molecular formula is C20H18ClN3O5. The van der Waals surface area contributed by atoms with Gasteiger partial charge in [-0.25, -0.2) is 4.68 Å². The molecule has 2 aromatic carbocycles. The number of aromatic nitrogens is 2. The highest BCUT2D eigenvalue weighted by Gasteiger charge is 2.24. The first-order valence-electron chi connectivity index (χ1n) is 8.59. The van der Waals surface area contributed by atoms with Crippen molar-refractivity contribution in [3.05, 3.63) is 70.9 Å². The summed E-state index contributed by atoms with van der Waals surface area (Å²) in [5.41, 5.74) is 0.915. The van der Waals surface area contributed by atoms with Gasteiger partial charge in [0.15, 0.2) is 5.69 Å². The number of hydrogen-bond acceptors (Lipinski definition) is 5. The molecule has 3 rings (SSSR count). The number of amides is 1. The van der Waals surface area contributed by atoms with E-state index in [-0.39, 0.29) is 18.0 Å². The summed E-state index contributed by atoms with van der Waals surface area (Å²) in [4.78, 5) is 24.0. The Morgan fingerprint density at radius 1 is 1.21 bits per heavy atom. The molecule has 9 heteroatoms. The molecule has 29 heavy (non-hydrogen) atoms. The van der Waals surface area contributed by atoms with Gasteiger partial charge in [-0.05, 0) is 24.3 Å². The molecule has 0 fully saturated rings. The van der Waals surface area contributed by atoms with Gasteiger partial charge in [0.05, 0.1) is 25.3 Å². The molecule has 0 spiro atoms. The first-order chi connectivity index (χ1) is 13.9. The van der Waals surface area contributed by atoms with Crippen molar-refractivity contribution in [3.63, 3.8) is 0 Å². The molecule has 0 saturated heterocycles. The minimum absolute atomic E-state index is 0.0761. The first-order valence-corrected chi connectivity index (χ1v) is 8.97. The molecule has 0 aliphatic heterocycles. The van der Waals surface area contributed by atoms with Crippen LogP contribution in [0.4, 0.5) is 0 Å². The fraction of sp³-hybridized carbons (Fsp3) is 0.150. The molecule has 0 saturated carbocycles. The van der Waals surface area contributed by atoms with Crippen LogP contribution < -0.4 is 10.1 Å². The van der Waals surface area contributed by atoms with Crippen molar-refractivity contribution >= 4 is 23.5 Å². The Morgan fingerprint density at radius 2 is 1.97 bits per heavy atom. The third-order valence-electron chi connectivity index (χ3n) is 4.17. The lowest BCUT2D eigenvalue weighted by atomic mass is 10.0. The van der Waals surface area contributed by atoms with Crippen LogP contribution in [0.15, 0.2) is 54.6 Å². The van der Waals surface area contributed by atoms with E-state index in [1.165, 1.54) is 13.2 Å². The quantitative estimate of drug-likeness (QED) is 0.546. The number of ether oxygens (including phenoxy) is 1. The van der Waals surface area contributed by atoms with Crippen LogP contribution in [0.5, 0.6) is 11.6 Å². The second kappa shape index (κ2) is 8.66. The van der Waals surface area contributed by atoms with Crippen LogP contribution >= 0.6 is 11.6 Å². The molecule has 0 unspecified atom stereocenters. The molecule has 1 amide bonds. The van der Waals surface area contributed by atoms with Gasteiger partial charge in [0.1, 0.15) is 5.75 Å². The maximum absolute atomic E-state index is 12.7. The van der Waals surface area contributed by atoms with Crippen LogP contribution in [0.25, 0.3) is 5.69 Å². The molecule has 3 N–H and O–H groups in total. The SMILES string of the molecule is COc1ccccc1[C@H](CC(=O)O)NC(=O)c1cc(O)n(-c2cccc(Cl)c2)n1. The average molecular weight is 416 g/mol. The highest BCUT2D eigenvalue weighted by molar-refractivity contribution is 6.30. The third kappa shape index (κ3) is 4.67. The van der Waals surface area contributed by atoms with Gasteiger partial charge in [-0.1, -0.05) is 35.9 Å². The number of aliphatic carboxylic acids is 1. The van der Waals surface area contributed by atoms with Crippen LogP contribution in [0, 0.1) is 0 Å². The molecule has 3 aromatic rings. The van der Waals surface area contributed by atoms with Crippen molar-refractivity contribution in [3.8, 4) is 17.3 Å². The number of carboxylic acids is 1. The summed E-state index contributed by atoms with van der Waals surface area (Å²) in [7, 11) is 1.46. The number of benzene rings is 2. The van der Waals surface area contributed by atoms with Gasteiger partial charge in [-0.15, -0.1) is 0 Å². The molecule has 1 aromatic heterocycles. The van der Waals surface area contributed by atoms with E-state index in [1.807, 2.05) is 0 Å². The predicted molar refractivity (Wildman–Crippen MR) is 106 cm³/mol. The van der Waals surface area contributed by atoms with E-state index >= 15 is 0 Å². The summed E-state index contributed by atoms with van der Waals surface area (Å²) in [5, 5.41) is 26.6. The molecule has 0 aliphatic carbocycles. The molecule has 1 atom stereocenters. The Hall–Kier alpha value is -3.52. The number of nitrogens with zero attached hydrogens (tertiary/aromatic N) is 2. The standard InChI is InChI=1S/C20H18ClN3O5/c1-29-17-8-3-2-7-14(17)15(11-19(26)27)22-20(28)16-10-18(25)24(23-16)13-6-4-5-12(21)9-13/h2-10,15,25H,11H2,1H3,(H,22,28)(H,26,27)/t15-/m0/s1. The summed E-state index contributed by atoms with van der Waals surface area (Å²) < 4.78 is 6.43. The van der Waals surface area contributed by atoms with Crippen LogP contribution in [0.1, 0.15) is 28.5 Å². The fourth-order valence-electron chi connectivity index (χ4n) is 2.88. The molecule has 1 heterocycles. The average Bonchev–Trinajstić information content (AvgIpc) is 3.09. The number of rotatable bonds is 7. The number of nitrogens with one attached hydrogen (secondary N) is 1. The molecule has 150 valence electrons. The smallest absolute Gasteiger partial charge is 0.305 e. The summed E-state index contributed by atoms with van der Waals surface area (Å²) in [6.07, 6.45) is -0.354. The second-order valence-electron chi connectivity index (χ2n) is 6.15. The normalized spacial score (nSPS) is 11.7. The van der Waals surface area contributed by atoms with Crippen LogP contribution in [0.2, 0.25) is 5.02 Å². The topological polar surface area (TPSA) is 114 Å². The maximum Gasteiger partial charge on any atom is 0.305 e. The Labute approximate surface area is 171 Å². The van der Waals surface area contributed by atoms with Crippen molar-refractivity contribution in [2.75, 3.05) is 7.11 Å². The maximum atomic E-state index is 12.7. The number of halogens is 1. The number of carbonyl (C=O) groups excluding carboxylic acids is 1. The van der Waals surface area contributed by atoms with Crippen LogP contribution in [-0.4, -0.2) is 39.0 Å². The second-order valence-corrected chi connectivity index (χ2v) is 6.58. The van der Waals surface area contributed by atoms with E-state index in [4.69, 9.17) is 16.3 Å². The van der Waals surface area contributed by atoms with E-state index in [1.54, 1.807) is 48.5 Å². The van der Waals surface area contributed by atoms with Gasteiger partial charge in [0, 0.05) is 16.7 Å². The number of carboxylic acid groups (broad SMARTS) is 1. The third-order valence-corrected chi connectivity index (χ3v) is 4.41. The minimum Gasteiger partial charge on any atom is -0.496 e. The Morgan fingerprint density at radius 3 is 2.66 bits per heavy atom. The van der Waals surface area contributed by atoms with Crippen molar-refractivity contribution in [2.24, 2.45) is 0 Å². The minimum atomic E-state index is -1.09. The summed E-state index contributed by atoms with van der Waals surface area (Å²) in [6.45, 7) is 0. The zero-order valence-corrected chi connectivity index (χ0v) is 16.1.